The zero-order valence-corrected chi connectivity index (χ0v) is 21.0. The molecule has 192 valence electrons. The molecule has 0 bridgehead atoms. The fraction of sp³-hybridized carbons (Fsp3) is 0.143. The maximum absolute atomic E-state index is 14.4. The number of ether oxygens (including phenoxy) is 1. The van der Waals surface area contributed by atoms with Gasteiger partial charge in [0, 0.05) is 34.0 Å². The molecule has 0 spiro atoms. The summed E-state index contributed by atoms with van der Waals surface area (Å²) >= 11 is 12.4. The molecule has 0 heterocycles. The van der Waals surface area contributed by atoms with E-state index in [0.29, 0.717) is 0 Å². The summed E-state index contributed by atoms with van der Waals surface area (Å²) in [6, 6.07) is 10.6. The number of hydrogen-bond acceptors (Lipinski definition) is 1. The number of rotatable bonds is 6. The number of benzene rings is 4. The Morgan fingerprint density at radius 1 is 0.568 bits per heavy atom. The lowest BCUT2D eigenvalue weighted by Gasteiger charge is -2.13. The second-order valence-corrected chi connectivity index (χ2v) is 9.34. The van der Waals surface area contributed by atoms with E-state index >= 15 is 0 Å². The molecule has 0 N–H and O–H groups in total. The van der Waals surface area contributed by atoms with E-state index in [4.69, 9.17) is 27.9 Å². The number of hydrogen-bond donors (Lipinski definition) is 0. The van der Waals surface area contributed by atoms with Crippen molar-refractivity contribution < 1.29 is 31.1 Å². The highest BCUT2D eigenvalue weighted by Gasteiger charge is 2.20. The van der Waals surface area contributed by atoms with Gasteiger partial charge in [0.1, 0.15) is 23.1 Å². The molecule has 0 aliphatic carbocycles. The monoisotopic (exact) mass is 554 g/mol. The van der Waals surface area contributed by atoms with Crippen molar-refractivity contribution in [2.24, 2.45) is 0 Å². The van der Waals surface area contributed by atoms with Crippen LogP contribution in [0, 0.1) is 48.8 Å². The Bertz CT molecular complexity index is 1410. The standard InChI is InChI=1S/C28H18Cl2F6O/c1-13-7-23(31)19(27(35)25(13)33)11-15-9-17(3-5-21(15)29)37-18-4-6-22(30)16(10-18)12-20-24(32)8-14(2)26(34)28(20)36/h3-10H,11-12H2,1-2H3. The smallest absolute Gasteiger partial charge is 0.165 e. The zero-order valence-electron chi connectivity index (χ0n) is 19.5. The Balaban J connectivity index is 1.62. The summed E-state index contributed by atoms with van der Waals surface area (Å²) in [7, 11) is 0. The van der Waals surface area contributed by atoms with Crippen molar-refractivity contribution in [3.63, 3.8) is 0 Å². The van der Waals surface area contributed by atoms with Crippen LogP contribution in [-0.4, -0.2) is 0 Å². The second kappa shape index (κ2) is 10.7. The van der Waals surface area contributed by atoms with Crippen molar-refractivity contribution in [2.75, 3.05) is 0 Å². The molecular formula is C28H18Cl2F6O. The first-order chi connectivity index (χ1) is 17.5. The first-order valence-electron chi connectivity index (χ1n) is 11.0. The van der Waals surface area contributed by atoms with Crippen molar-refractivity contribution in [1.82, 2.24) is 0 Å². The minimum absolute atomic E-state index is 0.159. The molecule has 4 aromatic carbocycles. The Morgan fingerprint density at radius 3 is 1.32 bits per heavy atom. The summed E-state index contributed by atoms with van der Waals surface area (Å²) in [5.74, 6) is -6.26. The SMILES string of the molecule is Cc1cc(F)c(Cc2cc(Oc3ccc(Cl)c(Cc4c(F)cc(C)c(F)c4F)c3)ccc2Cl)c(F)c1F. The molecule has 0 unspecified atom stereocenters. The van der Waals surface area contributed by atoms with E-state index in [1.54, 1.807) is 0 Å². The molecule has 0 aromatic heterocycles. The number of aryl methyl sites for hydroxylation is 2. The van der Waals surface area contributed by atoms with Gasteiger partial charge in [0.2, 0.25) is 0 Å². The lowest BCUT2D eigenvalue weighted by atomic mass is 10.0. The van der Waals surface area contributed by atoms with Gasteiger partial charge in [0.15, 0.2) is 23.3 Å². The topological polar surface area (TPSA) is 9.23 Å². The van der Waals surface area contributed by atoms with Crippen LogP contribution in [0.15, 0.2) is 48.5 Å². The van der Waals surface area contributed by atoms with E-state index < -0.39 is 46.0 Å². The second-order valence-electron chi connectivity index (χ2n) is 8.53. The van der Waals surface area contributed by atoms with Crippen molar-refractivity contribution in [3.05, 3.63) is 127 Å². The molecule has 0 amide bonds. The minimum Gasteiger partial charge on any atom is -0.457 e. The van der Waals surface area contributed by atoms with Crippen LogP contribution in [0.25, 0.3) is 0 Å². The van der Waals surface area contributed by atoms with Crippen LogP contribution in [0.2, 0.25) is 10.0 Å². The fourth-order valence-electron chi connectivity index (χ4n) is 3.84. The van der Waals surface area contributed by atoms with Gasteiger partial charge < -0.3 is 4.74 Å². The molecule has 0 saturated heterocycles. The molecule has 0 saturated carbocycles. The first-order valence-corrected chi connectivity index (χ1v) is 11.7. The Kier molecular flexibility index (Phi) is 7.76. The highest BCUT2D eigenvalue weighted by Crippen LogP contribution is 2.33. The minimum atomic E-state index is -1.30. The average Bonchev–Trinajstić information content (AvgIpc) is 2.85. The predicted molar refractivity (Wildman–Crippen MR) is 131 cm³/mol. The van der Waals surface area contributed by atoms with E-state index in [1.807, 2.05) is 0 Å². The van der Waals surface area contributed by atoms with Gasteiger partial charge in [0.05, 0.1) is 0 Å². The average molecular weight is 555 g/mol. The molecule has 0 radical (unpaired) electrons. The van der Waals surface area contributed by atoms with Crippen molar-refractivity contribution >= 4 is 23.2 Å². The van der Waals surface area contributed by atoms with Crippen LogP contribution in [0.4, 0.5) is 26.3 Å². The molecule has 37 heavy (non-hydrogen) atoms. The van der Waals surface area contributed by atoms with Crippen LogP contribution in [0.1, 0.15) is 33.4 Å². The van der Waals surface area contributed by atoms with E-state index in [2.05, 4.69) is 0 Å². The highest BCUT2D eigenvalue weighted by molar-refractivity contribution is 6.31. The summed E-state index contributed by atoms with van der Waals surface area (Å²) in [4.78, 5) is 0. The van der Waals surface area contributed by atoms with Crippen LogP contribution in [0.5, 0.6) is 11.5 Å². The summed E-state index contributed by atoms with van der Waals surface area (Å²) in [6.45, 7) is 2.51. The summed E-state index contributed by atoms with van der Waals surface area (Å²) in [5.41, 5.74) is -0.736. The maximum atomic E-state index is 14.4. The van der Waals surface area contributed by atoms with E-state index in [9.17, 15) is 26.3 Å². The van der Waals surface area contributed by atoms with Crippen LogP contribution in [-0.2, 0) is 12.8 Å². The van der Waals surface area contributed by atoms with Gasteiger partial charge in [-0.1, -0.05) is 23.2 Å². The van der Waals surface area contributed by atoms with Gasteiger partial charge in [-0.25, -0.2) is 26.3 Å². The van der Waals surface area contributed by atoms with E-state index in [1.165, 1.54) is 50.2 Å². The third-order valence-electron chi connectivity index (χ3n) is 5.88. The fourth-order valence-corrected chi connectivity index (χ4v) is 4.21. The molecule has 1 nitrogen and oxygen atoms in total. The third kappa shape index (κ3) is 5.58. The Hall–Kier alpha value is -3.16. The van der Waals surface area contributed by atoms with Gasteiger partial charge >= 0.3 is 0 Å². The largest absolute Gasteiger partial charge is 0.457 e. The Morgan fingerprint density at radius 2 is 0.946 bits per heavy atom. The molecule has 4 rings (SSSR count). The molecule has 0 aliphatic heterocycles. The van der Waals surface area contributed by atoms with Crippen molar-refractivity contribution in [1.29, 1.82) is 0 Å². The summed E-state index contributed by atoms with van der Waals surface area (Å²) in [5, 5.41) is 0.354. The Labute approximate surface area is 219 Å². The lowest BCUT2D eigenvalue weighted by Crippen LogP contribution is -2.03. The summed E-state index contributed by atoms with van der Waals surface area (Å²) < 4.78 is 91.2. The van der Waals surface area contributed by atoms with Gasteiger partial charge in [0.25, 0.3) is 0 Å². The predicted octanol–water partition coefficient (Wildman–Crippen LogP) is 9.42. The van der Waals surface area contributed by atoms with Crippen LogP contribution >= 0.6 is 23.2 Å². The van der Waals surface area contributed by atoms with Gasteiger partial charge in [-0.15, -0.1) is 0 Å². The van der Waals surface area contributed by atoms with E-state index in [0.717, 1.165) is 12.1 Å². The van der Waals surface area contributed by atoms with Crippen LogP contribution in [0.3, 0.4) is 0 Å². The molecule has 0 aliphatic rings. The quantitative estimate of drug-likeness (QED) is 0.170. The maximum Gasteiger partial charge on any atom is 0.165 e. The normalized spacial score (nSPS) is 11.2. The number of halogens is 8. The molecule has 0 fully saturated rings. The molecule has 4 aromatic rings. The molecular weight excluding hydrogens is 537 g/mol. The van der Waals surface area contributed by atoms with Gasteiger partial charge in [-0.2, -0.15) is 0 Å². The molecule has 0 atom stereocenters. The van der Waals surface area contributed by atoms with Crippen molar-refractivity contribution in [2.45, 2.75) is 26.7 Å². The summed E-state index contributed by atoms with van der Waals surface area (Å²) in [6.07, 6.45) is -0.678. The van der Waals surface area contributed by atoms with E-state index in [-0.39, 0.29) is 56.6 Å². The van der Waals surface area contributed by atoms with Gasteiger partial charge in [-0.3, -0.25) is 0 Å². The lowest BCUT2D eigenvalue weighted by molar-refractivity contribution is 0.474. The third-order valence-corrected chi connectivity index (χ3v) is 6.61. The van der Waals surface area contributed by atoms with Crippen LogP contribution < -0.4 is 4.74 Å². The van der Waals surface area contributed by atoms with Crippen molar-refractivity contribution in [3.8, 4) is 11.5 Å². The molecule has 9 heteroatoms. The highest BCUT2D eigenvalue weighted by atomic mass is 35.5. The zero-order chi connectivity index (χ0) is 27.0. The van der Waals surface area contributed by atoms with Gasteiger partial charge in [-0.05, 0) is 84.6 Å². The first kappa shape index (κ1) is 26.9.